The van der Waals surface area contributed by atoms with Crippen molar-refractivity contribution in [2.45, 2.75) is 39.0 Å². The van der Waals surface area contributed by atoms with E-state index in [2.05, 4.69) is 20.3 Å². The SMILES string of the molecule is Cc1noc(C)c1CC(=O)N1CCN(c2ccc3nnc(C4CC4)n3n2)CC1. The monoisotopic (exact) mass is 381 g/mol. The highest BCUT2D eigenvalue weighted by atomic mass is 16.5. The van der Waals surface area contributed by atoms with Gasteiger partial charge in [0.15, 0.2) is 11.5 Å². The lowest BCUT2D eigenvalue weighted by Crippen LogP contribution is -2.49. The third kappa shape index (κ3) is 3.00. The largest absolute Gasteiger partial charge is 0.361 e. The first-order valence-electron chi connectivity index (χ1n) is 9.77. The molecular formula is C19H23N7O2. The van der Waals surface area contributed by atoms with Crippen molar-refractivity contribution in [1.29, 1.82) is 0 Å². The minimum atomic E-state index is 0.118. The van der Waals surface area contributed by atoms with Crippen molar-refractivity contribution in [2.24, 2.45) is 0 Å². The Morgan fingerprint density at radius 2 is 1.93 bits per heavy atom. The maximum atomic E-state index is 12.7. The van der Waals surface area contributed by atoms with Crippen LogP contribution in [0.2, 0.25) is 0 Å². The number of hydrogen-bond donors (Lipinski definition) is 0. The molecule has 9 heteroatoms. The molecule has 2 aliphatic rings. The molecular weight excluding hydrogens is 358 g/mol. The molecule has 1 saturated heterocycles. The van der Waals surface area contributed by atoms with Gasteiger partial charge in [-0.1, -0.05) is 5.16 Å². The summed E-state index contributed by atoms with van der Waals surface area (Å²) in [5.41, 5.74) is 2.49. The molecule has 3 aromatic heterocycles. The molecule has 146 valence electrons. The molecule has 9 nitrogen and oxygen atoms in total. The van der Waals surface area contributed by atoms with Gasteiger partial charge >= 0.3 is 0 Å². The van der Waals surface area contributed by atoms with Crippen molar-refractivity contribution in [2.75, 3.05) is 31.1 Å². The lowest BCUT2D eigenvalue weighted by atomic mass is 10.1. The van der Waals surface area contributed by atoms with E-state index in [-0.39, 0.29) is 5.91 Å². The Balaban J connectivity index is 1.26. The first-order chi connectivity index (χ1) is 13.6. The standard InChI is InChI=1S/C19H23N7O2/c1-12-15(13(2)28-23-12)11-18(27)25-9-7-24(8-10-25)17-6-5-16-20-21-19(14-3-4-14)26(16)22-17/h5-6,14H,3-4,7-11H2,1-2H3. The van der Waals surface area contributed by atoms with E-state index in [1.54, 1.807) is 0 Å². The molecule has 0 unspecified atom stereocenters. The van der Waals surface area contributed by atoms with Crippen molar-refractivity contribution < 1.29 is 9.32 Å². The minimum Gasteiger partial charge on any atom is -0.361 e. The zero-order chi connectivity index (χ0) is 19.3. The van der Waals surface area contributed by atoms with E-state index in [0.717, 1.165) is 47.4 Å². The van der Waals surface area contributed by atoms with Gasteiger partial charge in [0.25, 0.3) is 0 Å². The molecule has 3 aromatic rings. The average Bonchev–Trinajstić information content (AvgIpc) is 3.40. The van der Waals surface area contributed by atoms with E-state index in [1.807, 2.05) is 35.4 Å². The minimum absolute atomic E-state index is 0.118. The molecule has 4 heterocycles. The molecule has 5 rings (SSSR count). The lowest BCUT2D eigenvalue weighted by Gasteiger charge is -2.35. The van der Waals surface area contributed by atoms with Crippen LogP contribution in [0.25, 0.3) is 5.65 Å². The molecule has 0 radical (unpaired) electrons. The van der Waals surface area contributed by atoms with Crippen molar-refractivity contribution in [1.82, 2.24) is 29.9 Å². The Labute approximate surface area is 162 Å². The molecule has 1 amide bonds. The fourth-order valence-electron chi connectivity index (χ4n) is 3.76. The van der Waals surface area contributed by atoms with Crippen LogP contribution in [0.15, 0.2) is 16.7 Å². The summed E-state index contributed by atoms with van der Waals surface area (Å²) in [6.45, 7) is 6.60. The van der Waals surface area contributed by atoms with Gasteiger partial charge in [-0.2, -0.15) is 4.52 Å². The summed E-state index contributed by atoms with van der Waals surface area (Å²) >= 11 is 0. The second-order valence-corrected chi connectivity index (χ2v) is 7.64. The highest BCUT2D eigenvalue weighted by molar-refractivity contribution is 5.79. The van der Waals surface area contributed by atoms with Gasteiger partial charge in [-0.3, -0.25) is 4.79 Å². The van der Waals surface area contributed by atoms with Crippen molar-refractivity contribution in [3.8, 4) is 0 Å². The van der Waals surface area contributed by atoms with Crippen LogP contribution in [-0.2, 0) is 11.2 Å². The van der Waals surface area contributed by atoms with Gasteiger partial charge in [0.05, 0.1) is 12.1 Å². The van der Waals surface area contributed by atoms with Gasteiger partial charge in [-0.25, -0.2) is 0 Å². The molecule has 1 aliphatic heterocycles. The smallest absolute Gasteiger partial charge is 0.227 e. The predicted octanol–water partition coefficient (Wildman–Crippen LogP) is 1.50. The molecule has 1 saturated carbocycles. The molecule has 0 bridgehead atoms. The lowest BCUT2D eigenvalue weighted by molar-refractivity contribution is -0.130. The fraction of sp³-hybridized carbons (Fsp3) is 0.526. The molecule has 2 fully saturated rings. The number of carbonyl (C=O) groups is 1. The molecule has 28 heavy (non-hydrogen) atoms. The second-order valence-electron chi connectivity index (χ2n) is 7.64. The summed E-state index contributed by atoms with van der Waals surface area (Å²) in [4.78, 5) is 16.8. The molecule has 0 N–H and O–H groups in total. The van der Waals surface area contributed by atoms with Crippen LogP contribution in [0.4, 0.5) is 5.82 Å². The van der Waals surface area contributed by atoms with Gasteiger partial charge in [-0.05, 0) is 38.8 Å². The van der Waals surface area contributed by atoms with Crippen LogP contribution in [0.1, 0.15) is 41.6 Å². The van der Waals surface area contributed by atoms with E-state index < -0.39 is 0 Å². The van der Waals surface area contributed by atoms with E-state index in [9.17, 15) is 4.79 Å². The number of rotatable bonds is 4. The topological polar surface area (TPSA) is 92.7 Å². The Kier molecular flexibility index (Phi) is 4.03. The molecule has 1 aliphatic carbocycles. The van der Waals surface area contributed by atoms with Crippen LogP contribution >= 0.6 is 0 Å². The van der Waals surface area contributed by atoms with Gasteiger partial charge in [0, 0.05) is 37.7 Å². The van der Waals surface area contributed by atoms with Crippen LogP contribution < -0.4 is 4.90 Å². The second kappa shape index (κ2) is 6.57. The maximum absolute atomic E-state index is 12.7. The van der Waals surface area contributed by atoms with Crippen LogP contribution in [0.3, 0.4) is 0 Å². The van der Waals surface area contributed by atoms with Crippen molar-refractivity contribution in [3.05, 3.63) is 35.0 Å². The van der Waals surface area contributed by atoms with Crippen LogP contribution in [0, 0.1) is 13.8 Å². The number of amides is 1. The number of aryl methyl sites for hydroxylation is 2. The Bertz CT molecular complexity index is 1010. The number of aromatic nitrogens is 5. The van der Waals surface area contributed by atoms with E-state index in [1.165, 1.54) is 12.8 Å². The fourth-order valence-corrected chi connectivity index (χ4v) is 3.76. The number of piperazine rings is 1. The highest BCUT2D eigenvalue weighted by Crippen LogP contribution is 2.38. The summed E-state index contributed by atoms with van der Waals surface area (Å²) in [5, 5.41) is 17.2. The average molecular weight is 381 g/mol. The number of hydrogen-bond acceptors (Lipinski definition) is 7. The normalized spacial score (nSPS) is 17.5. The Morgan fingerprint density at radius 1 is 1.14 bits per heavy atom. The van der Waals surface area contributed by atoms with Crippen molar-refractivity contribution >= 4 is 17.4 Å². The molecule has 0 aromatic carbocycles. The quantitative estimate of drug-likeness (QED) is 0.676. The zero-order valence-corrected chi connectivity index (χ0v) is 16.1. The first-order valence-corrected chi connectivity index (χ1v) is 9.77. The Hall–Kier alpha value is -2.97. The summed E-state index contributed by atoms with van der Waals surface area (Å²) in [5.74, 6) is 3.21. The zero-order valence-electron chi connectivity index (χ0n) is 16.1. The summed E-state index contributed by atoms with van der Waals surface area (Å²) in [7, 11) is 0. The van der Waals surface area contributed by atoms with Crippen molar-refractivity contribution in [3.63, 3.8) is 0 Å². The summed E-state index contributed by atoms with van der Waals surface area (Å²) in [6, 6.07) is 3.96. The predicted molar refractivity (Wildman–Crippen MR) is 101 cm³/mol. The van der Waals surface area contributed by atoms with Gasteiger partial charge in [-0.15, -0.1) is 15.3 Å². The van der Waals surface area contributed by atoms with Gasteiger partial charge in [0.1, 0.15) is 11.6 Å². The van der Waals surface area contributed by atoms with Crippen LogP contribution in [0.5, 0.6) is 0 Å². The third-order valence-corrected chi connectivity index (χ3v) is 5.68. The molecule has 0 atom stereocenters. The third-order valence-electron chi connectivity index (χ3n) is 5.68. The molecule has 0 spiro atoms. The van der Waals surface area contributed by atoms with E-state index in [4.69, 9.17) is 9.62 Å². The van der Waals surface area contributed by atoms with Gasteiger partial charge < -0.3 is 14.3 Å². The van der Waals surface area contributed by atoms with E-state index >= 15 is 0 Å². The summed E-state index contributed by atoms with van der Waals surface area (Å²) < 4.78 is 7.04. The number of fused-ring (bicyclic) bond motifs is 1. The van der Waals surface area contributed by atoms with Crippen LogP contribution in [-0.4, -0.2) is 62.0 Å². The maximum Gasteiger partial charge on any atom is 0.227 e. The number of carbonyl (C=O) groups excluding carboxylic acids is 1. The Morgan fingerprint density at radius 3 is 2.61 bits per heavy atom. The summed E-state index contributed by atoms with van der Waals surface area (Å²) in [6.07, 6.45) is 2.67. The first kappa shape index (κ1) is 17.2. The number of anilines is 1. The van der Waals surface area contributed by atoms with E-state index in [0.29, 0.717) is 25.4 Å². The number of nitrogens with zero attached hydrogens (tertiary/aromatic N) is 7. The van der Waals surface area contributed by atoms with Gasteiger partial charge in [0.2, 0.25) is 5.91 Å². The highest BCUT2D eigenvalue weighted by Gasteiger charge is 2.30.